The summed E-state index contributed by atoms with van der Waals surface area (Å²) in [5.41, 5.74) is 5.45. The van der Waals surface area contributed by atoms with Crippen LogP contribution in [-0.4, -0.2) is 42.1 Å². The molecule has 2 rings (SSSR count). The first kappa shape index (κ1) is 10.9. The first-order chi connectivity index (χ1) is 7.01. The number of ether oxygens (including phenoxy) is 1. The number of carbonyl (C=O) groups is 1. The minimum atomic E-state index is -0.656. The summed E-state index contributed by atoms with van der Waals surface area (Å²) in [5, 5.41) is 0. The normalized spacial score (nSPS) is 31.1. The zero-order valence-corrected chi connectivity index (χ0v) is 9.53. The lowest BCUT2D eigenvalue weighted by molar-refractivity contribution is -0.144. The lowest BCUT2D eigenvalue weighted by Gasteiger charge is -2.36. The van der Waals surface area contributed by atoms with Crippen LogP contribution in [0.25, 0.3) is 0 Å². The number of amides is 1. The van der Waals surface area contributed by atoms with Crippen molar-refractivity contribution >= 4 is 5.91 Å². The van der Waals surface area contributed by atoms with Crippen molar-refractivity contribution in [3.8, 4) is 0 Å². The van der Waals surface area contributed by atoms with Crippen molar-refractivity contribution in [3.05, 3.63) is 0 Å². The second-order valence-corrected chi connectivity index (χ2v) is 4.99. The van der Waals surface area contributed by atoms with Crippen molar-refractivity contribution in [3.63, 3.8) is 0 Å². The maximum Gasteiger partial charge on any atom is 0.242 e. The molecule has 0 aromatic rings. The quantitative estimate of drug-likeness (QED) is 0.719. The van der Waals surface area contributed by atoms with Crippen LogP contribution in [0, 0.1) is 5.92 Å². The Morgan fingerprint density at radius 2 is 2.20 bits per heavy atom. The number of rotatable bonds is 2. The van der Waals surface area contributed by atoms with E-state index in [0.29, 0.717) is 25.6 Å². The van der Waals surface area contributed by atoms with Crippen molar-refractivity contribution in [2.45, 2.75) is 38.3 Å². The molecule has 2 N–H and O–H groups in total. The Bertz CT molecular complexity index is 261. The zero-order chi connectivity index (χ0) is 11.1. The third-order valence-corrected chi connectivity index (χ3v) is 3.41. The van der Waals surface area contributed by atoms with E-state index < -0.39 is 5.54 Å². The summed E-state index contributed by atoms with van der Waals surface area (Å²) in [5.74, 6) is 0.489. The monoisotopic (exact) mass is 212 g/mol. The van der Waals surface area contributed by atoms with Gasteiger partial charge in [0, 0.05) is 13.1 Å². The molecule has 1 heterocycles. The average Bonchev–Trinajstić information content (AvgIpc) is 2.99. The van der Waals surface area contributed by atoms with E-state index in [1.54, 1.807) is 0 Å². The summed E-state index contributed by atoms with van der Waals surface area (Å²) in [7, 11) is 0. The van der Waals surface area contributed by atoms with Crippen LogP contribution >= 0.6 is 0 Å². The minimum Gasteiger partial charge on any atom is -0.375 e. The molecule has 4 nitrogen and oxygen atoms in total. The van der Waals surface area contributed by atoms with Crippen molar-refractivity contribution in [1.82, 2.24) is 4.90 Å². The number of hydrogen-bond acceptors (Lipinski definition) is 3. The summed E-state index contributed by atoms with van der Waals surface area (Å²) in [6.45, 7) is 5.85. The van der Waals surface area contributed by atoms with Gasteiger partial charge in [-0.1, -0.05) is 0 Å². The summed E-state index contributed by atoms with van der Waals surface area (Å²) in [6, 6.07) is 0. The van der Waals surface area contributed by atoms with E-state index in [1.807, 2.05) is 18.7 Å². The molecule has 2 aliphatic rings. The van der Waals surface area contributed by atoms with Crippen molar-refractivity contribution in [2.24, 2.45) is 11.7 Å². The van der Waals surface area contributed by atoms with Crippen LogP contribution in [0.2, 0.25) is 0 Å². The third kappa shape index (κ3) is 2.16. The molecule has 1 amide bonds. The van der Waals surface area contributed by atoms with Crippen LogP contribution in [0.1, 0.15) is 26.7 Å². The van der Waals surface area contributed by atoms with E-state index in [4.69, 9.17) is 10.5 Å². The van der Waals surface area contributed by atoms with Gasteiger partial charge < -0.3 is 15.4 Å². The Labute approximate surface area is 90.8 Å². The molecule has 2 atom stereocenters. The van der Waals surface area contributed by atoms with Gasteiger partial charge >= 0.3 is 0 Å². The maximum atomic E-state index is 12.2. The number of nitrogens with zero attached hydrogens (tertiary/aromatic N) is 1. The van der Waals surface area contributed by atoms with E-state index in [1.165, 1.54) is 0 Å². The van der Waals surface area contributed by atoms with Gasteiger partial charge in [-0.15, -0.1) is 0 Å². The highest BCUT2D eigenvalue weighted by Crippen LogP contribution is 2.39. The highest BCUT2D eigenvalue weighted by molar-refractivity contribution is 5.86. The largest absolute Gasteiger partial charge is 0.375 e. The van der Waals surface area contributed by atoms with Crippen molar-refractivity contribution < 1.29 is 9.53 Å². The van der Waals surface area contributed by atoms with Gasteiger partial charge in [-0.05, 0) is 32.6 Å². The van der Waals surface area contributed by atoms with E-state index in [0.717, 1.165) is 12.8 Å². The second-order valence-electron chi connectivity index (χ2n) is 4.99. The molecule has 1 saturated carbocycles. The van der Waals surface area contributed by atoms with Crippen LogP contribution in [0.15, 0.2) is 0 Å². The molecule has 1 saturated heterocycles. The SMILES string of the molecule is CC1CN(C(=O)C(C)(N)C2CC2)CCO1. The molecule has 0 spiro atoms. The smallest absolute Gasteiger partial charge is 0.242 e. The molecule has 4 heteroatoms. The maximum absolute atomic E-state index is 12.2. The molecule has 0 bridgehead atoms. The van der Waals surface area contributed by atoms with Gasteiger partial charge in [0.1, 0.15) is 0 Å². The number of hydrogen-bond donors (Lipinski definition) is 1. The molecule has 0 radical (unpaired) electrons. The van der Waals surface area contributed by atoms with Gasteiger partial charge in [-0.3, -0.25) is 4.79 Å². The number of morpholine rings is 1. The van der Waals surface area contributed by atoms with Crippen LogP contribution in [0.3, 0.4) is 0 Å². The fraction of sp³-hybridized carbons (Fsp3) is 0.909. The Morgan fingerprint density at radius 3 is 2.73 bits per heavy atom. The topological polar surface area (TPSA) is 55.6 Å². The van der Waals surface area contributed by atoms with Crippen LogP contribution in [0.4, 0.5) is 0 Å². The Balaban J connectivity index is 1.99. The lowest BCUT2D eigenvalue weighted by Crippen LogP contribution is -2.58. The van der Waals surface area contributed by atoms with E-state index in [9.17, 15) is 4.79 Å². The molecule has 0 aromatic heterocycles. The van der Waals surface area contributed by atoms with Gasteiger partial charge in [-0.25, -0.2) is 0 Å². The Morgan fingerprint density at radius 1 is 1.53 bits per heavy atom. The van der Waals surface area contributed by atoms with Gasteiger partial charge in [0.25, 0.3) is 0 Å². The fourth-order valence-electron chi connectivity index (χ4n) is 2.20. The standard InChI is InChI=1S/C11H20N2O2/c1-8-7-13(5-6-15-8)10(14)11(2,12)9-3-4-9/h8-9H,3-7,12H2,1-2H3. The van der Waals surface area contributed by atoms with E-state index in [2.05, 4.69) is 0 Å². The molecule has 1 aliphatic carbocycles. The van der Waals surface area contributed by atoms with Gasteiger partial charge in [-0.2, -0.15) is 0 Å². The second kappa shape index (κ2) is 3.76. The van der Waals surface area contributed by atoms with Crippen molar-refractivity contribution in [1.29, 1.82) is 0 Å². The third-order valence-electron chi connectivity index (χ3n) is 3.41. The van der Waals surface area contributed by atoms with Gasteiger partial charge in [0.2, 0.25) is 5.91 Å². The number of carbonyl (C=O) groups excluding carboxylic acids is 1. The minimum absolute atomic E-state index is 0.0974. The summed E-state index contributed by atoms with van der Waals surface area (Å²) in [6.07, 6.45) is 2.33. The highest BCUT2D eigenvalue weighted by atomic mass is 16.5. The van der Waals surface area contributed by atoms with Crippen LogP contribution in [-0.2, 0) is 9.53 Å². The van der Waals surface area contributed by atoms with Crippen LogP contribution < -0.4 is 5.73 Å². The average molecular weight is 212 g/mol. The Kier molecular flexibility index (Phi) is 2.73. The molecule has 15 heavy (non-hydrogen) atoms. The summed E-state index contributed by atoms with van der Waals surface area (Å²) < 4.78 is 5.41. The molecular weight excluding hydrogens is 192 g/mol. The van der Waals surface area contributed by atoms with Crippen molar-refractivity contribution in [2.75, 3.05) is 19.7 Å². The molecular formula is C11H20N2O2. The predicted molar refractivity (Wildman–Crippen MR) is 57.3 cm³/mol. The summed E-state index contributed by atoms with van der Waals surface area (Å²) in [4.78, 5) is 14.0. The van der Waals surface area contributed by atoms with E-state index >= 15 is 0 Å². The zero-order valence-electron chi connectivity index (χ0n) is 9.53. The predicted octanol–water partition coefficient (Wildman–Crippen LogP) is 0.361. The fourth-order valence-corrected chi connectivity index (χ4v) is 2.20. The molecule has 1 aliphatic heterocycles. The molecule has 2 unspecified atom stereocenters. The van der Waals surface area contributed by atoms with E-state index in [-0.39, 0.29) is 12.0 Å². The van der Waals surface area contributed by atoms with Crippen LogP contribution in [0.5, 0.6) is 0 Å². The molecule has 2 fully saturated rings. The molecule has 86 valence electrons. The lowest BCUT2D eigenvalue weighted by atomic mass is 9.95. The first-order valence-electron chi connectivity index (χ1n) is 5.71. The number of nitrogens with two attached hydrogens (primary N) is 1. The van der Waals surface area contributed by atoms with Gasteiger partial charge in [0.15, 0.2) is 0 Å². The highest BCUT2D eigenvalue weighted by Gasteiger charge is 2.46. The molecule has 0 aromatic carbocycles. The Hall–Kier alpha value is -0.610. The van der Waals surface area contributed by atoms with Gasteiger partial charge in [0.05, 0.1) is 18.2 Å². The summed E-state index contributed by atoms with van der Waals surface area (Å²) >= 11 is 0. The first-order valence-corrected chi connectivity index (χ1v) is 5.71.